The lowest BCUT2D eigenvalue weighted by atomic mass is 9.96. The molecular formula is C16H22O2. The van der Waals surface area contributed by atoms with Gasteiger partial charge in [-0.2, -0.15) is 0 Å². The summed E-state index contributed by atoms with van der Waals surface area (Å²) in [5.41, 5.74) is 4.25. The van der Waals surface area contributed by atoms with Crippen molar-refractivity contribution in [3.05, 3.63) is 34.9 Å². The molecule has 0 heterocycles. The number of allylic oxidation sites excluding steroid dienone is 4. The number of hydrogen-bond acceptors (Lipinski definition) is 2. The van der Waals surface area contributed by atoms with Crippen LogP contribution in [0.5, 0.6) is 0 Å². The van der Waals surface area contributed by atoms with Crippen molar-refractivity contribution in [2.24, 2.45) is 0 Å². The molecule has 2 aliphatic rings. The lowest BCUT2D eigenvalue weighted by molar-refractivity contribution is -0.118. The molecular weight excluding hydrogens is 224 g/mol. The summed E-state index contributed by atoms with van der Waals surface area (Å²) >= 11 is 0. The Morgan fingerprint density at radius 2 is 2.33 bits per heavy atom. The van der Waals surface area contributed by atoms with Crippen LogP contribution in [0.25, 0.3) is 0 Å². The second-order valence-electron chi connectivity index (χ2n) is 4.98. The van der Waals surface area contributed by atoms with E-state index in [0.717, 1.165) is 25.7 Å². The second-order valence-corrected chi connectivity index (χ2v) is 4.98. The van der Waals surface area contributed by atoms with Gasteiger partial charge in [0.15, 0.2) is 0 Å². The Bertz CT molecular complexity index is 413. The summed E-state index contributed by atoms with van der Waals surface area (Å²) in [5, 5.41) is 0. The molecule has 0 radical (unpaired) electrons. The van der Waals surface area contributed by atoms with Crippen molar-refractivity contribution in [2.45, 2.75) is 51.6 Å². The van der Waals surface area contributed by atoms with Crippen molar-refractivity contribution in [3.63, 3.8) is 0 Å². The predicted octanol–water partition coefficient (Wildman–Crippen LogP) is 3.74. The van der Waals surface area contributed by atoms with Crippen molar-refractivity contribution in [2.75, 3.05) is 7.11 Å². The molecule has 2 aliphatic carbocycles. The maximum absolute atomic E-state index is 11.3. The number of fused-ring (bicyclic) bond motifs is 1. The van der Waals surface area contributed by atoms with Gasteiger partial charge in [0, 0.05) is 20.0 Å². The molecule has 0 bridgehead atoms. The van der Waals surface area contributed by atoms with Gasteiger partial charge >= 0.3 is 0 Å². The molecule has 2 nitrogen and oxygen atoms in total. The minimum Gasteiger partial charge on any atom is -0.377 e. The fraction of sp³-hybridized carbons (Fsp3) is 0.562. The minimum atomic E-state index is 0.225. The number of ether oxygens (including phenoxy) is 1. The van der Waals surface area contributed by atoms with Crippen LogP contribution in [0.15, 0.2) is 34.9 Å². The van der Waals surface area contributed by atoms with Gasteiger partial charge in [-0.25, -0.2) is 0 Å². The zero-order chi connectivity index (χ0) is 13.0. The SMILES string of the molecule is CCC(=O)CC/C=C1\CCC2=CCC(OC)C=C21. The Balaban J connectivity index is 2.01. The van der Waals surface area contributed by atoms with E-state index in [0.29, 0.717) is 18.6 Å². The zero-order valence-electron chi connectivity index (χ0n) is 11.4. The molecule has 2 rings (SSSR count). The molecule has 1 saturated carbocycles. The third-order valence-electron chi connectivity index (χ3n) is 3.82. The van der Waals surface area contributed by atoms with E-state index < -0.39 is 0 Å². The van der Waals surface area contributed by atoms with E-state index in [1.165, 1.54) is 16.7 Å². The number of methoxy groups -OCH3 is 1. The largest absolute Gasteiger partial charge is 0.377 e. The molecule has 0 saturated heterocycles. The van der Waals surface area contributed by atoms with Gasteiger partial charge in [0.05, 0.1) is 6.10 Å². The second kappa shape index (κ2) is 6.14. The van der Waals surface area contributed by atoms with Crippen LogP contribution < -0.4 is 0 Å². The van der Waals surface area contributed by atoms with Gasteiger partial charge < -0.3 is 4.74 Å². The van der Waals surface area contributed by atoms with Crippen LogP contribution in [-0.4, -0.2) is 19.0 Å². The van der Waals surface area contributed by atoms with Crippen LogP contribution in [0.3, 0.4) is 0 Å². The fourth-order valence-corrected chi connectivity index (χ4v) is 2.64. The van der Waals surface area contributed by atoms with Gasteiger partial charge in [-0.05, 0) is 48.5 Å². The van der Waals surface area contributed by atoms with Crippen LogP contribution in [0.2, 0.25) is 0 Å². The summed E-state index contributed by atoms with van der Waals surface area (Å²) in [6.07, 6.45) is 12.5. The molecule has 0 N–H and O–H groups in total. The Morgan fingerprint density at radius 3 is 3.06 bits per heavy atom. The van der Waals surface area contributed by atoms with Crippen LogP contribution in [0.1, 0.15) is 45.4 Å². The number of rotatable bonds is 5. The fourth-order valence-electron chi connectivity index (χ4n) is 2.64. The highest BCUT2D eigenvalue weighted by Crippen LogP contribution is 2.39. The van der Waals surface area contributed by atoms with E-state index in [9.17, 15) is 4.79 Å². The third-order valence-corrected chi connectivity index (χ3v) is 3.82. The minimum absolute atomic E-state index is 0.225. The molecule has 0 spiro atoms. The van der Waals surface area contributed by atoms with Crippen molar-refractivity contribution < 1.29 is 9.53 Å². The summed E-state index contributed by atoms with van der Waals surface area (Å²) in [6.45, 7) is 1.93. The van der Waals surface area contributed by atoms with Gasteiger partial charge in [-0.3, -0.25) is 4.79 Å². The maximum Gasteiger partial charge on any atom is 0.132 e. The van der Waals surface area contributed by atoms with Crippen molar-refractivity contribution in [1.82, 2.24) is 0 Å². The summed E-state index contributed by atoms with van der Waals surface area (Å²) < 4.78 is 5.41. The summed E-state index contributed by atoms with van der Waals surface area (Å²) in [7, 11) is 1.76. The van der Waals surface area contributed by atoms with Gasteiger partial charge in [0.25, 0.3) is 0 Å². The Labute approximate surface area is 109 Å². The quantitative estimate of drug-likeness (QED) is 0.738. The van der Waals surface area contributed by atoms with Gasteiger partial charge in [-0.1, -0.05) is 19.1 Å². The monoisotopic (exact) mass is 246 g/mol. The Hall–Kier alpha value is -1.15. The van der Waals surface area contributed by atoms with Crippen LogP contribution in [0, 0.1) is 0 Å². The first kappa shape index (κ1) is 13.3. The highest BCUT2D eigenvalue weighted by atomic mass is 16.5. The molecule has 0 aromatic heterocycles. The molecule has 1 atom stereocenters. The molecule has 0 aromatic carbocycles. The van der Waals surface area contributed by atoms with Crippen molar-refractivity contribution in [3.8, 4) is 0 Å². The third kappa shape index (κ3) is 2.99. The maximum atomic E-state index is 11.3. The molecule has 0 aliphatic heterocycles. The lowest BCUT2D eigenvalue weighted by Gasteiger charge is -2.17. The van der Waals surface area contributed by atoms with Gasteiger partial charge in [0.1, 0.15) is 5.78 Å². The number of hydrogen-bond donors (Lipinski definition) is 0. The lowest BCUT2D eigenvalue weighted by Crippen LogP contribution is -2.10. The molecule has 0 aromatic rings. The highest BCUT2D eigenvalue weighted by Gasteiger charge is 2.23. The van der Waals surface area contributed by atoms with Crippen LogP contribution in [-0.2, 0) is 9.53 Å². The molecule has 18 heavy (non-hydrogen) atoms. The van der Waals surface area contributed by atoms with Crippen molar-refractivity contribution in [1.29, 1.82) is 0 Å². The molecule has 98 valence electrons. The van der Waals surface area contributed by atoms with E-state index in [2.05, 4.69) is 18.2 Å². The topological polar surface area (TPSA) is 26.3 Å². The van der Waals surface area contributed by atoms with E-state index in [1.807, 2.05) is 6.92 Å². The first-order valence-corrected chi connectivity index (χ1v) is 6.89. The standard InChI is InChI=1S/C16H22O2/c1-3-14(17)6-4-5-12-7-8-13-9-10-15(18-2)11-16(12)13/h5,9,11,15H,3-4,6-8,10H2,1-2H3/b12-5+. The first-order chi connectivity index (χ1) is 8.74. The van der Waals surface area contributed by atoms with Crippen molar-refractivity contribution >= 4 is 5.78 Å². The number of carbonyl (C=O) groups is 1. The predicted molar refractivity (Wildman–Crippen MR) is 73.4 cm³/mol. The number of carbonyl (C=O) groups excluding carboxylic acids is 1. The van der Waals surface area contributed by atoms with Crippen LogP contribution >= 0.6 is 0 Å². The molecule has 2 heteroatoms. The summed E-state index contributed by atoms with van der Waals surface area (Å²) in [5.74, 6) is 0.355. The normalized spacial score (nSPS) is 24.8. The van der Waals surface area contributed by atoms with Gasteiger partial charge in [-0.15, -0.1) is 0 Å². The zero-order valence-corrected chi connectivity index (χ0v) is 11.4. The number of ketones is 1. The summed E-state index contributed by atoms with van der Waals surface area (Å²) in [4.78, 5) is 11.3. The van der Waals surface area contributed by atoms with E-state index in [4.69, 9.17) is 4.74 Å². The van der Waals surface area contributed by atoms with Crippen LogP contribution in [0.4, 0.5) is 0 Å². The van der Waals surface area contributed by atoms with E-state index in [-0.39, 0.29) is 6.10 Å². The molecule has 1 unspecified atom stereocenters. The first-order valence-electron chi connectivity index (χ1n) is 6.89. The number of Topliss-reactive ketones (excluding diaryl/α,β-unsaturated/α-hetero) is 1. The smallest absolute Gasteiger partial charge is 0.132 e. The molecule has 1 fully saturated rings. The molecule has 0 amide bonds. The Morgan fingerprint density at radius 1 is 1.50 bits per heavy atom. The Kier molecular flexibility index (Phi) is 4.54. The average molecular weight is 246 g/mol. The highest BCUT2D eigenvalue weighted by molar-refractivity contribution is 5.78. The summed E-state index contributed by atoms with van der Waals surface area (Å²) in [6, 6.07) is 0. The van der Waals surface area contributed by atoms with Gasteiger partial charge in [0.2, 0.25) is 0 Å². The van der Waals surface area contributed by atoms with E-state index >= 15 is 0 Å². The average Bonchev–Trinajstić information content (AvgIpc) is 2.81. The van der Waals surface area contributed by atoms with E-state index in [1.54, 1.807) is 7.11 Å².